The number of anilines is 2. The molecular formula is C20H22FN3O2. The van der Waals surface area contributed by atoms with Crippen molar-refractivity contribution < 1.29 is 14.0 Å². The van der Waals surface area contributed by atoms with Crippen molar-refractivity contribution in [1.29, 1.82) is 0 Å². The first kappa shape index (κ1) is 17.9. The lowest BCUT2D eigenvalue weighted by Crippen LogP contribution is -2.45. The molecule has 1 saturated heterocycles. The summed E-state index contributed by atoms with van der Waals surface area (Å²) in [5.41, 5.74) is 2.70. The van der Waals surface area contributed by atoms with Gasteiger partial charge in [-0.2, -0.15) is 0 Å². The molecule has 26 heavy (non-hydrogen) atoms. The van der Waals surface area contributed by atoms with E-state index in [4.69, 9.17) is 0 Å². The summed E-state index contributed by atoms with van der Waals surface area (Å²) in [5, 5.41) is 5.53. The molecule has 1 aliphatic heterocycles. The van der Waals surface area contributed by atoms with E-state index < -0.39 is 6.04 Å². The van der Waals surface area contributed by atoms with Gasteiger partial charge in [-0.05, 0) is 56.5 Å². The van der Waals surface area contributed by atoms with E-state index in [-0.39, 0.29) is 17.8 Å². The summed E-state index contributed by atoms with van der Waals surface area (Å²) >= 11 is 0. The molecule has 0 unspecified atom stereocenters. The van der Waals surface area contributed by atoms with E-state index in [1.54, 1.807) is 19.1 Å². The number of carbonyl (C=O) groups excluding carboxylic acids is 2. The highest BCUT2D eigenvalue weighted by atomic mass is 19.1. The van der Waals surface area contributed by atoms with E-state index in [2.05, 4.69) is 10.6 Å². The first-order valence-corrected chi connectivity index (χ1v) is 8.65. The summed E-state index contributed by atoms with van der Waals surface area (Å²) in [4.78, 5) is 26.6. The molecule has 1 atom stereocenters. The van der Waals surface area contributed by atoms with E-state index in [9.17, 15) is 14.0 Å². The Bertz CT molecular complexity index is 820. The third-order valence-corrected chi connectivity index (χ3v) is 4.56. The fourth-order valence-electron chi connectivity index (χ4n) is 3.01. The molecule has 1 fully saturated rings. The Morgan fingerprint density at radius 1 is 1.04 bits per heavy atom. The van der Waals surface area contributed by atoms with Crippen LogP contribution in [0.2, 0.25) is 0 Å². The molecule has 0 saturated carbocycles. The van der Waals surface area contributed by atoms with Crippen LogP contribution in [-0.4, -0.2) is 29.4 Å². The lowest BCUT2D eigenvalue weighted by atomic mass is 10.2. The van der Waals surface area contributed by atoms with Crippen LogP contribution in [0.25, 0.3) is 0 Å². The molecule has 1 heterocycles. The van der Waals surface area contributed by atoms with Crippen molar-refractivity contribution in [3.05, 3.63) is 59.4 Å². The minimum absolute atomic E-state index is 0.301. The zero-order chi connectivity index (χ0) is 18.7. The van der Waals surface area contributed by atoms with Crippen molar-refractivity contribution in [2.24, 2.45) is 0 Å². The minimum atomic E-state index is -0.565. The summed E-state index contributed by atoms with van der Waals surface area (Å²) in [6, 6.07) is 11.2. The van der Waals surface area contributed by atoms with E-state index in [1.165, 1.54) is 11.0 Å². The number of rotatable bonds is 3. The topological polar surface area (TPSA) is 61.4 Å². The third-order valence-electron chi connectivity index (χ3n) is 4.56. The number of nitrogens with zero attached hydrogens (tertiary/aromatic N) is 1. The van der Waals surface area contributed by atoms with Crippen molar-refractivity contribution in [2.45, 2.75) is 32.7 Å². The van der Waals surface area contributed by atoms with Gasteiger partial charge in [0.05, 0.1) is 0 Å². The number of nitrogens with one attached hydrogen (secondary N) is 2. The standard InChI is InChI=1S/C20H22FN3O2/c1-13-5-8-15(9-6-13)23-20(26)24-11-3-4-18(24)19(25)22-16-10-7-14(2)17(21)12-16/h5-10,12,18H,3-4,11H2,1-2H3,(H,22,25)(H,23,26)/t18-/m0/s1. The molecule has 1 aliphatic rings. The van der Waals surface area contributed by atoms with Gasteiger partial charge in [0.25, 0.3) is 0 Å². The van der Waals surface area contributed by atoms with Gasteiger partial charge in [0.15, 0.2) is 0 Å². The Labute approximate surface area is 152 Å². The van der Waals surface area contributed by atoms with E-state index in [1.807, 2.05) is 31.2 Å². The minimum Gasteiger partial charge on any atom is -0.324 e. The number of hydrogen-bond acceptors (Lipinski definition) is 2. The quantitative estimate of drug-likeness (QED) is 0.871. The van der Waals surface area contributed by atoms with Crippen LogP contribution in [0.5, 0.6) is 0 Å². The first-order chi connectivity index (χ1) is 12.4. The van der Waals surface area contributed by atoms with Crippen molar-refractivity contribution in [2.75, 3.05) is 17.2 Å². The Kier molecular flexibility index (Phi) is 5.21. The fourth-order valence-corrected chi connectivity index (χ4v) is 3.01. The van der Waals surface area contributed by atoms with Crippen LogP contribution >= 0.6 is 0 Å². The summed E-state index contributed by atoms with van der Waals surface area (Å²) in [6.07, 6.45) is 1.34. The molecule has 6 heteroatoms. The van der Waals surface area contributed by atoms with Crippen molar-refractivity contribution in [3.63, 3.8) is 0 Å². The number of urea groups is 1. The Balaban J connectivity index is 1.66. The SMILES string of the molecule is Cc1ccc(NC(=O)N2CCC[C@H]2C(=O)Nc2ccc(C)c(F)c2)cc1. The molecule has 0 aromatic heterocycles. The highest BCUT2D eigenvalue weighted by Gasteiger charge is 2.34. The lowest BCUT2D eigenvalue weighted by Gasteiger charge is -2.24. The van der Waals surface area contributed by atoms with Crippen LogP contribution in [0.3, 0.4) is 0 Å². The van der Waals surface area contributed by atoms with Crippen LogP contribution in [0, 0.1) is 19.7 Å². The van der Waals surface area contributed by atoms with Gasteiger partial charge < -0.3 is 15.5 Å². The molecule has 0 aliphatic carbocycles. The molecule has 0 radical (unpaired) electrons. The maximum Gasteiger partial charge on any atom is 0.322 e. The number of benzene rings is 2. The third kappa shape index (κ3) is 4.02. The highest BCUT2D eigenvalue weighted by Crippen LogP contribution is 2.22. The van der Waals surface area contributed by atoms with Crippen LogP contribution in [-0.2, 0) is 4.79 Å². The summed E-state index contributed by atoms with van der Waals surface area (Å²) in [6.45, 7) is 4.15. The average molecular weight is 355 g/mol. The Hall–Kier alpha value is -2.89. The Morgan fingerprint density at radius 3 is 2.42 bits per heavy atom. The van der Waals surface area contributed by atoms with Crippen molar-refractivity contribution >= 4 is 23.3 Å². The van der Waals surface area contributed by atoms with E-state index in [0.29, 0.717) is 29.9 Å². The molecule has 0 spiro atoms. The van der Waals surface area contributed by atoms with Gasteiger partial charge >= 0.3 is 6.03 Å². The van der Waals surface area contributed by atoms with Crippen molar-refractivity contribution in [1.82, 2.24) is 4.90 Å². The second-order valence-electron chi connectivity index (χ2n) is 6.60. The smallest absolute Gasteiger partial charge is 0.322 e. The number of hydrogen-bond donors (Lipinski definition) is 2. The zero-order valence-electron chi connectivity index (χ0n) is 14.9. The molecule has 136 valence electrons. The molecule has 3 amide bonds. The highest BCUT2D eigenvalue weighted by molar-refractivity contribution is 5.99. The van der Waals surface area contributed by atoms with Gasteiger partial charge in [-0.15, -0.1) is 0 Å². The lowest BCUT2D eigenvalue weighted by molar-refractivity contribution is -0.119. The maximum atomic E-state index is 13.7. The molecule has 5 nitrogen and oxygen atoms in total. The van der Waals surface area contributed by atoms with E-state index in [0.717, 1.165) is 12.0 Å². The first-order valence-electron chi connectivity index (χ1n) is 8.65. The van der Waals surface area contributed by atoms with Gasteiger partial charge in [0.1, 0.15) is 11.9 Å². The van der Waals surface area contributed by atoms with Gasteiger partial charge in [0, 0.05) is 17.9 Å². The van der Waals surface area contributed by atoms with Gasteiger partial charge in [-0.1, -0.05) is 23.8 Å². The molecule has 2 N–H and O–H groups in total. The van der Waals surface area contributed by atoms with Gasteiger partial charge in [-0.3, -0.25) is 4.79 Å². The van der Waals surface area contributed by atoms with E-state index >= 15 is 0 Å². The Morgan fingerprint density at radius 2 is 1.73 bits per heavy atom. The number of likely N-dealkylation sites (tertiary alicyclic amines) is 1. The predicted octanol–water partition coefficient (Wildman–Crippen LogP) is 4.08. The molecular weight excluding hydrogens is 333 g/mol. The molecule has 2 aromatic carbocycles. The summed E-state index contributed by atoms with van der Waals surface area (Å²) < 4.78 is 13.7. The van der Waals surface area contributed by atoms with Crippen LogP contribution in [0.15, 0.2) is 42.5 Å². The van der Waals surface area contributed by atoms with Gasteiger partial charge in [0.2, 0.25) is 5.91 Å². The second-order valence-corrected chi connectivity index (χ2v) is 6.60. The van der Waals surface area contributed by atoms with Crippen LogP contribution in [0.4, 0.5) is 20.6 Å². The van der Waals surface area contributed by atoms with Gasteiger partial charge in [-0.25, -0.2) is 9.18 Å². The fraction of sp³-hybridized carbons (Fsp3) is 0.300. The normalized spacial score (nSPS) is 16.4. The number of halogens is 1. The second kappa shape index (κ2) is 7.56. The number of carbonyl (C=O) groups is 2. The average Bonchev–Trinajstić information content (AvgIpc) is 3.10. The summed E-state index contributed by atoms with van der Waals surface area (Å²) in [7, 11) is 0. The monoisotopic (exact) mass is 355 g/mol. The molecule has 3 rings (SSSR count). The maximum absolute atomic E-state index is 13.7. The summed E-state index contributed by atoms with van der Waals surface area (Å²) in [5.74, 6) is -0.673. The van der Waals surface area contributed by atoms with Crippen molar-refractivity contribution in [3.8, 4) is 0 Å². The molecule has 0 bridgehead atoms. The zero-order valence-corrected chi connectivity index (χ0v) is 14.9. The van der Waals surface area contributed by atoms with Crippen LogP contribution in [0.1, 0.15) is 24.0 Å². The molecule has 2 aromatic rings. The predicted molar refractivity (Wildman–Crippen MR) is 99.7 cm³/mol. The largest absolute Gasteiger partial charge is 0.324 e. The van der Waals surface area contributed by atoms with Crippen LogP contribution < -0.4 is 10.6 Å². The number of aryl methyl sites for hydroxylation is 2. The number of amides is 3.